The van der Waals surface area contributed by atoms with Crippen molar-refractivity contribution in [2.24, 2.45) is 7.05 Å². The molecule has 0 saturated carbocycles. The van der Waals surface area contributed by atoms with E-state index in [4.69, 9.17) is 0 Å². The van der Waals surface area contributed by atoms with Gasteiger partial charge in [-0.15, -0.1) is 10.2 Å². The molecule has 1 saturated heterocycles. The first-order chi connectivity index (χ1) is 7.84. The second-order valence-electron chi connectivity index (χ2n) is 4.27. The summed E-state index contributed by atoms with van der Waals surface area (Å²) in [6.45, 7) is 5.51. The third-order valence-corrected chi connectivity index (χ3v) is 2.86. The number of nitrogens with one attached hydrogen (secondary N) is 1. The molecule has 1 aromatic rings. The van der Waals surface area contributed by atoms with Gasteiger partial charge in [-0.05, 0) is 50.7 Å². The van der Waals surface area contributed by atoms with Crippen molar-refractivity contribution in [1.82, 2.24) is 30.4 Å². The topological polar surface area (TPSA) is 58.9 Å². The van der Waals surface area contributed by atoms with Crippen LogP contribution >= 0.6 is 0 Å². The maximum absolute atomic E-state index is 4.11. The fraction of sp³-hybridized carbons (Fsp3) is 0.900. The van der Waals surface area contributed by atoms with Gasteiger partial charge in [0.05, 0.1) is 13.6 Å². The molecule has 1 N–H and O–H groups in total. The summed E-state index contributed by atoms with van der Waals surface area (Å²) >= 11 is 0. The maximum Gasteiger partial charge on any atom is 0.188 e. The molecule has 1 aliphatic rings. The Bertz CT molecular complexity index is 304. The minimum Gasteiger partial charge on any atom is -0.310 e. The van der Waals surface area contributed by atoms with E-state index in [0.717, 1.165) is 12.4 Å². The standard InChI is InChI=1S/C10H20N6/c1-15-13-10(12-14-15)9-11-5-4-8-16-6-2-3-7-16/h11H,2-9H2,1H3. The molecule has 6 heteroatoms. The van der Waals surface area contributed by atoms with Gasteiger partial charge >= 0.3 is 0 Å². The summed E-state index contributed by atoms with van der Waals surface area (Å²) in [6, 6.07) is 0. The normalized spacial score (nSPS) is 17.1. The molecule has 90 valence electrons. The number of rotatable bonds is 6. The highest BCUT2D eigenvalue weighted by atomic mass is 15.6. The molecule has 2 heterocycles. The SMILES string of the molecule is Cn1nnc(CNCCCN2CCCC2)n1. The van der Waals surface area contributed by atoms with Crippen LogP contribution in [0.2, 0.25) is 0 Å². The average Bonchev–Trinajstić information content (AvgIpc) is 2.89. The summed E-state index contributed by atoms with van der Waals surface area (Å²) in [4.78, 5) is 4.02. The third kappa shape index (κ3) is 3.53. The largest absolute Gasteiger partial charge is 0.310 e. The number of hydrogen-bond acceptors (Lipinski definition) is 5. The maximum atomic E-state index is 4.11. The van der Waals surface area contributed by atoms with Crippen LogP contribution in [0.3, 0.4) is 0 Å². The van der Waals surface area contributed by atoms with Gasteiger partial charge in [-0.2, -0.15) is 4.80 Å². The van der Waals surface area contributed by atoms with Gasteiger partial charge in [-0.3, -0.25) is 0 Å². The summed E-state index contributed by atoms with van der Waals surface area (Å²) in [6.07, 6.45) is 3.94. The van der Waals surface area contributed by atoms with Crippen molar-refractivity contribution >= 4 is 0 Å². The van der Waals surface area contributed by atoms with Crippen LogP contribution in [-0.4, -0.2) is 51.3 Å². The van der Waals surface area contributed by atoms with Crippen LogP contribution in [0.1, 0.15) is 25.1 Å². The van der Waals surface area contributed by atoms with Gasteiger partial charge in [0, 0.05) is 0 Å². The van der Waals surface area contributed by atoms with Crippen LogP contribution in [0.5, 0.6) is 0 Å². The second kappa shape index (κ2) is 5.91. The number of aryl methyl sites for hydroxylation is 1. The number of aromatic nitrogens is 4. The second-order valence-corrected chi connectivity index (χ2v) is 4.27. The van der Waals surface area contributed by atoms with E-state index >= 15 is 0 Å². The highest BCUT2D eigenvalue weighted by Crippen LogP contribution is 2.06. The van der Waals surface area contributed by atoms with Crippen molar-refractivity contribution in [3.63, 3.8) is 0 Å². The molecule has 0 aromatic carbocycles. The molecule has 0 atom stereocenters. The highest BCUT2D eigenvalue weighted by Gasteiger charge is 2.09. The van der Waals surface area contributed by atoms with E-state index in [1.165, 1.54) is 43.7 Å². The van der Waals surface area contributed by atoms with Crippen LogP contribution in [0.4, 0.5) is 0 Å². The lowest BCUT2D eigenvalue weighted by Crippen LogP contribution is -2.24. The Morgan fingerprint density at radius 2 is 2.12 bits per heavy atom. The van der Waals surface area contributed by atoms with Crippen molar-refractivity contribution in [3.8, 4) is 0 Å². The van der Waals surface area contributed by atoms with Gasteiger partial charge in [-0.25, -0.2) is 0 Å². The molecule has 0 unspecified atom stereocenters. The summed E-state index contributed by atoms with van der Waals surface area (Å²) in [5, 5.41) is 15.1. The minimum absolute atomic E-state index is 0.716. The van der Waals surface area contributed by atoms with Crippen molar-refractivity contribution in [2.45, 2.75) is 25.8 Å². The van der Waals surface area contributed by atoms with Crippen LogP contribution < -0.4 is 5.32 Å². The molecule has 0 amide bonds. The Morgan fingerprint density at radius 1 is 1.31 bits per heavy atom. The molecule has 1 aromatic heterocycles. The predicted molar refractivity (Wildman–Crippen MR) is 60.8 cm³/mol. The van der Waals surface area contributed by atoms with E-state index < -0.39 is 0 Å². The Balaban J connectivity index is 1.51. The molecule has 6 nitrogen and oxygen atoms in total. The van der Waals surface area contributed by atoms with Crippen molar-refractivity contribution in [1.29, 1.82) is 0 Å². The molecule has 0 bridgehead atoms. The zero-order valence-electron chi connectivity index (χ0n) is 9.89. The van der Waals surface area contributed by atoms with E-state index in [1.54, 1.807) is 7.05 Å². The van der Waals surface area contributed by atoms with E-state index in [-0.39, 0.29) is 0 Å². The third-order valence-electron chi connectivity index (χ3n) is 2.86. The molecular weight excluding hydrogens is 204 g/mol. The molecular formula is C10H20N6. The van der Waals surface area contributed by atoms with Crippen LogP contribution in [0.15, 0.2) is 0 Å². The zero-order valence-corrected chi connectivity index (χ0v) is 9.89. The monoisotopic (exact) mass is 224 g/mol. The Hall–Kier alpha value is -1.01. The van der Waals surface area contributed by atoms with Gasteiger partial charge in [0.2, 0.25) is 0 Å². The van der Waals surface area contributed by atoms with Crippen LogP contribution in [0.25, 0.3) is 0 Å². The Labute approximate surface area is 96.0 Å². The molecule has 0 spiro atoms. The van der Waals surface area contributed by atoms with Crippen molar-refractivity contribution in [3.05, 3.63) is 5.82 Å². The zero-order chi connectivity index (χ0) is 11.2. The fourth-order valence-corrected chi connectivity index (χ4v) is 2.03. The van der Waals surface area contributed by atoms with Crippen molar-refractivity contribution < 1.29 is 0 Å². The number of hydrogen-bond donors (Lipinski definition) is 1. The lowest BCUT2D eigenvalue weighted by atomic mass is 10.4. The number of nitrogens with zero attached hydrogens (tertiary/aromatic N) is 5. The molecule has 0 aliphatic carbocycles. The fourth-order valence-electron chi connectivity index (χ4n) is 2.03. The summed E-state index contributed by atoms with van der Waals surface area (Å²) in [7, 11) is 1.78. The van der Waals surface area contributed by atoms with Gasteiger partial charge < -0.3 is 10.2 Å². The minimum atomic E-state index is 0.716. The predicted octanol–water partition coefficient (Wildman–Crippen LogP) is -0.214. The quantitative estimate of drug-likeness (QED) is 0.677. The molecule has 0 radical (unpaired) electrons. The highest BCUT2D eigenvalue weighted by molar-refractivity contribution is 4.75. The first-order valence-corrected chi connectivity index (χ1v) is 6.00. The molecule has 16 heavy (non-hydrogen) atoms. The van der Waals surface area contributed by atoms with E-state index in [9.17, 15) is 0 Å². The van der Waals surface area contributed by atoms with E-state index in [1.807, 2.05) is 0 Å². The molecule has 1 fully saturated rings. The van der Waals surface area contributed by atoms with Gasteiger partial charge in [0.25, 0.3) is 0 Å². The smallest absolute Gasteiger partial charge is 0.188 e. The Kier molecular flexibility index (Phi) is 4.24. The average molecular weight is 224 g/mol. The first kappa shape index (κ1) is 11.5. The van der Waals surface area contributed by atoms with Gasteiger partial charge in [0.1, 0.15) is 0 Å². The Morgan fingerprint density at radius 3 is 2.81 bits per heavy atom. The molecule has 1 aliphatic heterocycles. The van der Waals surface area contributed by atoms with Crippen LogP contribution in [0, 0.1) is 0 Å². The lowest BCUT2D eigenvalue weighted by Gasteiger charge is -2.13. The van der Waals surface area contributed by atoms with Gasteiger partial charge in [-0.1, -0.05) is 0 Å². The van der Waals surface area contributed by atoms with Crippen molar-refractivity contribution in [2.75, 3.05) is 26.2 Å². The van der Waals surface area contributed by atoms with Crippen LogP contribution in [-0.2, 0) is 13.6 Å². The van der Waals surface area contributed by atoms with E-state index in [0.29, 0.717) is 6.54 Å². The first-order valence-electron chi connectivity index (χ1n) is 6.00. The lowest BCUT2D eigenvalue weighted by molar-refractivity contribution is 0.330. The van der Waals surface area contributed by atoms with Gasteiger partial charge in [0.15, 0.2) is 5.82 Å². The number of likely N-dealkylation sites (tertiary alicyclic amines) is 1. The summed E-state index contributed by atoms with van der Waals surface area (Å²) in [5.41, 5.74) is 0. The van der Waals surface area contributed by atoms with E-state index in [2.05, 4.69) is 25.6 Å². The molecule has 2 rings (SSSR count). The number of tetrazole rings is 1. The summed E-state index contributed by atoms with van der Waals surface area (Å²) < 4.78 is 0. The summed E-state index contributed by atoms with van der Waals surface area (Å²) in [5.74, 6) is 0.767.